The molecular weight excluding hydrogens is 546 g/mol. The van der Waals surface area contributed by atoms with Crippen LogP contribution in [0.15, 0.2) is 58.3 Å². The van der Waals surface area contributed by atoms with E-state index in [1.54, 1.807) is 35.3 Å². The van der Waals surface area contributed by atoms with Crippen LogP contribution in [0.5, 0.6) is 5.88 Å². The standard InChI is InChI=1S/C25H20ClN7O3S2/c26-15-3-1-13(2-4-15)17-10-36-24-22(31-17)25(35)33(23(32-24)18-11-37-12-30-18)9-21(34)29-8-16-5-14-7-28-20(27)6-19(14)38-16/h1-7,11-12,17,31H,8-10H2,(H2,27,28)(H,29,34)/t17-/m0/s1. The highest BCUT2D eigenvalue weighted by Crippen LogP contribution is 2.32. The second kappa shape index (κ2) is 10.0. The molecule has 1 aromatic carbocycles. The van der Waals surface area contributed by atoms with Gasteiger partial charge in [-0.1, -0.05) is 23.7 Å². The highest BCUT2D eigenvalue weighted by Gasteiger charge is 2.28. The van der Waals surface area contributed by atoms with Gasteiger partial charge >= 0.3 is 0 Å². The van der Waals surface area contributed by atoms with Crippen LogP contribution in [0.25, 0.3) is 21.6 Å². The summed E-state index contributed by atoms with van der Waals surface area (Å²) in [6.45, 7) is 0.342. The van der Waals surface area contributed by atoms with Crippen LogP contribution in [0.4, 0.5) is 11.5 Å². The van der Waals surface area contributed by atoms with Crippen LogP contribution >= 0.6 is 34.3 Å². The van der Waals surface area contributed by atoms with Gasteiger partial charge < -0.3 is 21.1 Å². The van der Waals surface area contributed by atoms with Gasteiger partial charge in [0.2, 0.25) is 11.8 Å². The van der Waals surface area contributed by atoms with Crippen molar-refractivity contribution in [1.82, 2.24) is 24.8 Å². The number of carbonyl (C=O) groups is 1. The Morgan fingerprint density at radius 3 is 2.89 bits per heavy atom. The third-order valence-electron chi connectivity index (χ3n) is 6.01. The van der Waals surface area contributed by atoms with E-state index < -0.39 is 5.56 Å². The molecule has 4 N–H and O–H groups in total. The summed E-state index contributed by atoms with van der Waals surface area (Å²) in [6.07, 6.45) is 1.71. The zero-order valence-corrected chi connectivity index (χ0v) is 22.1. The average molecular weight is 566 g/mol. The van der Waals surface area contributed by atoms with Gasteiger partial charge in [0, 0.05) is 31.6 Å². The van der Waals surface area contributed by atoms with Gasteiger partial charge in [-0.15, -0.1) is 22.7 Å². The van der Waals surface area contributed by atoms with Crippen molar-refractivity contribution in [3.63, 3.8) is 0 Å². The Morgan fingerprint density at radius 1 is 1.26 bits per heavy atom. The van der Waals surface area contributed by atoms with E-state index >= 15 is 0 Å². The molecule has 5 aromatic rings. The Balaban J connectivity index is 1.27. The van der Waals surface area contributed by atoms with E-state index in [2.05, 4.69) is 25.6 Å². The van der Waals surface area contributed by atoms with E-state index in [4.69, 9.17) is 22.1 Å². The van der Waals surface area contributed by atoms with Crippen LogP contribution in [0.1, 0.15) is 16.5 Å². The van der Waals surface area contributed by atoms with E-state index in [1.165, 1.54) is 27.2 Å². The van der Waals surface area contributed by atoms with Gasteiger partial charge in [-0.3, -0.25) is 14.2 Å². The van der Waals surface area contributed by atoms with Crippen molar-refractivity contribution in [3.8, 4) is 17.4 Å². The van der Waals surface area contributed by atoms with Gasteiger partial charge in [0.25, 0.3) is 5.56 Å². The van der Waals surface area contributed by atoms with Crippen molar-refractivity contribution in [2.75, 3.05) is 17.7 Å². The number of nitrogen functional groups attached to an aromatic ring is 1. The van der Waals surface area contributed by atoms with E-state index in [-0.39, 0.29) is 42.5 Å². The van der Waals surface area contributed by atoms with E-state index in [0.717, 1.165) is 20.5 Å². The van der Waals surface area contributed by atoms with Crippen molar-refractivity contribution in [2.45, 2.75) is 19.1 Å². The van der Waals surface area contributed by atoms with Crippen LogP contribution in [-0.4, -0.2) is 32.0 Å². The largest absolute Gasteiger partial charge is 0.473 e. The summed E-state index contributed by atoms with van der Waals surface area (Å²) in [5.74, 6) is 0.546. The van der Waals surface area contributed by atoms with Gasteiger partial charge in [-0.2, -0.15) is 4.98 Å². The SMILES string of the molecule is Nc1cc2sc(CNC(=O)Cn3c(-c4cscn4)nc4c(c3=O)N[C@H](c3ccc(Cl)cc3)CO4)cc2cn1. The number of anilines is 2. The monoisotopic (exact) mass is 565 g/mol. The first kappa shape index (κ1) is 24.3. The molecule has 0 fully saturated rings. The number of aromatic nitrogens is 4. The molecule has 13 heteroatoms. The number of benzene rings is 1. The molecule has 1 atom stereocenters. The zero-order valence-electron chi connectivity index (χ0n) is 19.7. The Morgan fingerprint density at radius 2 is 2.11 bits per heavy atom. The van der Waals surface area contributed by atoms with Gasteiger partial charge in [0.05, 0.1) is 18.1 Å². The van der Waals surface area contributed by atoms with Gasteiger partial charge in [-0.25, -0.2) is 9.97 Å². The normalized spacial score (nSPS) is 14.5. The summed E-state index contributed by atoms with van der Waals surface area (Å²) in [4.78, 5) is 40.6. The smallest absolute Gasteiger partial charge is 0.281 e. The van der Waals surface area contributed by atoms with Crippen molar-refractivity contribution in [1.29, 1.82) is 0 Å². The van der Waals surface area contributed by atoms with Crippen molar-refractivity contribution in [2.24, 2.45) is 0 Å². The lowest BCUT2D eigenvalue weighted by atomic mass is 10.1. The minimum Gasteiger partial charge on any atom is -0.473 e. The second-order valence-corrected chi connectivity index (χ2v) is 10.9. The summed E-state index contributed by atoms with van der Waals surface area (Å²) in [7, 11) is 0. The van der Waals surface area contributed by atoms with Crippen LogP contribution in [0.2, 0.25) is 5.02 Å². The molecular formula is C25H20ClN7O3S2. The number of nitrogens with one attached hydrogen (secondary N) is 2. The van der Waals surface area contributed by atoms with Gasteiger partial charge in [0.15, 0.2) is 11.5 Å². The Kier molecular flexibility index (Phi) is 6.44. The van der Waals surface area contributed by atoms with E-state index in [0.29, 0.717) is 23.1 Å². The molecule has 6 rings (SSSR count). The molecule has 0 spiro atoms. The number of hydrogen-bond acceptors (Lipinski definition) is 10. The molecule has 192 valence electrons. The van der Waals surface area contributed by atoms with Crippen LogP contribution in [0, 0.1) is 0 Å². The number of nitrogens with zero attached hydrogens (tertiary/aromatic N) is 4. The number of thiazole rings is 1. The minimum absolute atomic E-state index is 0.179. The van der Waals surface area contributed by atoms with E-state index in [1.807, 2.05) is 18.2 Å². The van der Waals surface area contributed by atoms with Crippen molar-refractivity contribution in [3.05, 3.63) is 79.3 Å². The molecule has 0 aliphatic carbocycles. The second-order valence-electron chi connectivity index (χ2n) is 8.58. The Hall–Kier alpha value is -4.00. The number of ether oxygens (including phenoxy) is 1. The summed E-state index contributed by atoms with van der Waals surface area (Å²) >= 11 is 8.91. The number of fused-ring (bicyclic) bond motifs is 2. The predicted molar refractivity (Wildman–Crippen MR) is 149 cm³/mol. The summed E-state index contributed by atoms with van der Waals surface area (Å²) in [5.41, 5.74) is 8.58. The van der Waals surface area contributed by atoms with E-state index in [9.17, 15) is 9.59 Å². The minimum atomic E-state index is -0.421. The molecule has 0 bridgehead atoms. The molecule has 38 heavy (non-hydrogen) atoms. The maximum atomic E-state index is 13.7. The maximum absolute atomic E-state index is 13.7. The molecule has 1 aliphatic heterocycles. The summed E-state index contributed by atoms with van der Waals surface area (Å²) < 4.78 is 8.19. The predicted octanol–water partition coefficient (Wildman–Crippen LogP) is 4.07. The Bertz CT molecular complexity index is 1700. The highest BCUT2D eigenvalue weighted by atomic mass is 35.5. The Labute approximate surface area is 229 Å². The first-order chi connectivity index (χ1) is 18.4. The van der Waals surface area contributed by atoms with Crippen molar-refractivity contribution >= 4 is 61.8 Å². The molecule has 1 amide bonds. The number of halogens is 1. The molecule has 0 saturated heterocycles. The lowest BCUT2D eigenvalue weighted by Gasteiger charge is -2.27. The zero-order chi connectivity index (χ0) is 26.2. The molecule has 0 radical (unpaired) electrons. The lowest BCUT2D eigenvalue weighted by molar-refractivity contribution is -0.121. The number of thiophene rings is 1. The third kappa shape index (κ3) is 4.80. The molecule has 0 unspecified atom stereocenters. The van der Waals surface area contributed by atoms with Gasteiger partial charge in [-0.05, 0) is 29.8 Å². The molecule has 1 aliphatic rings. The van der Waals surface area contributed by atoms with Crippen LogP contribution in [0.3, 0.4) is 0 Å². The fourth-order valence-corrected chi connectivity index (χ4v) is 5.84. The quantitative estimate of drug-likeness (QED) is 0.280. The van der Waals surface area contributed by atoms with Crippen LogP contribution < -0.4 is 26.7 Å². The molecule has 10 nitrogen and oxygen atoms in total. The number of pyridine rings is 1. The summed E-state index contributed by atoms with van der Waals surface area (Å²) in [6, 6.07) is 10.8. The highest BCUT2D eigenvalue weighted by molar-refractivity contribution is 7.19. The fourth-order valence-electron chi connectivity index (χ4n) is 4.16. The number of rotatable bonds is 6. The third-order valence-corrected chi connectivity index (χ3v) is 7.95. The number of carbonyl (C=O) groups excluding carboxylic acids is 1. The number of nitrogens with two attached hydrogens (primary N) is 1. The van der Waals surface area contributed by atoms with Crippen molar-refractivity contribution < 1.29 is 9.53 Å². The number of hydrogen-bond donors (Lipinski definition) is 3. The fraction of sp³-hybridized carbons (Fsp3) is 0.160. The first-order valence-electron chi connectivity index (χ1n) is 11.5. The first-order valence-corrected chi connectivity index (χ1v) is 13.7. The van der Waals surface area contributed by atoms with Crippen LogP contribution in [-0.2, 0) is 17.9 Å². The maximum Gasteiger partial charge on any atom is 0.281 e. The lowest BCUT2D eigenvalue weighted by Crippen LogP contribution is -2.37. The summed E-state index contributed by atoms with van der Waals surface area (Å²) in [5, 5.41) is 9.47. The number of amides is 1. The molecule has 0 saturated carbocycles. The molecule has 4 aromatic heterocycles. The topological polar surface area (TPSA) is 137 Å². The molecule has 5 heterocycles. The van der Waals surface area contributed by atoms with Gasteiger partial charge in [0.1, 0.15) is 24.7 Å². The average Bonchev–Trinajstić information content (AvgIpc) is 3.59.